The van der Waals surface area contributed by atoms with Gasteiger partial charge in [-0.15, -0.1) is 0 Å². The van der Waals surface area contributed by atoms with Crippen molar-refractivity contribution >= 4 is 30.1 Å². The van der Waals surface area contributed by atoms with Crippen LogP contribution < -0.4 is 15.9 Å². The minimum absolute atomic E-state index is 0.723. The highest BCUT2D eigenvalue weighted by molar-refractivity contribution is 7.80. The fourth-order valence-corrected chi connectivity index (χ4v) is 5.79. The van der Waals surface area contributed by atoms with E-state index in [-0.39, 0.29) is 0 Å². The molecule has 0 unspecified atom stereocenters. The van der Waals surface area contributed by atoms with Crippen LogP contribution in [0.1, 0.15) is 10.4 Å². The Balaban J connectivity index is 1.96. The van der Waals surface area contributed by atoms with Crippen LogP contribution in [0.3, 0.4) is 0 Å². The van der Waals surface area contributed by atoms with E-state index in [9.17, 15) is 4.79 Å². The largest absolute Gasteiger partial charge is 0.298 e. The van der Waals surface area contributed by atoms with Gasteiger partial charge in [0.15, 0.2) is 6.29 Å². The molecule has 0 spiro atoms. The van der Waals surface area contributed by atoms with E-state index in [0.29, 0.717) is 0 Å². The van der Waals surface area contributed by atoms with Gasteiger partial charge in [-0.25, -0.2) is 0 Å². The molecule has 0 saturated carbocycles. The molecule has 0 fully saturated rings. The second-order valence-electron chi connectivity index (χ2n) is 6.23. The van der Waals surface area contributed by atoms with E-state index >= 15 is 0 Å². The Morgan fingerprint density at radius 2 is 1.00 bits per heavy atom. The second-order valence-corrected chi connectivity index (χ2v) is 8.41. The fraction of sp³-hybridized carbons (Fsp3) is 0. The predicted molar refractivity (Wildman–Crippen MR) is 116 cm³/mol. The minimum atomic E-state index is -0.724. The Bertz CT molecular complexity index is 1000. The zero-order valence-corrected chi connectivity index (χ0v) is 15.7. The van der Waals surface area contributed by atoms with Crippen molar-refractivity contribution < 1.29 is 4.79 Å². The smallest absolute Gasteiger partial charge is 0.150 e. The predicted octanol–water partition coefficient (Wildman–Crippen LogP) is 4.92. The van der Waals surface area contributed by atoms with Crippen molar-refractivity contribution in [2.45, 2.75) is 0 Å². The lowest BCUT2D eigenvalue weighted by Gasteiger charge is -2.23. The lowest BCUT2D eigenvalue weighted by Crippen LogP contribution is -2.22. The van der Waals surface area contributed by atoms with Gasteiger partial charge in [-0.05, 0) is 35.0 Å². The molecule has 0 aliphatic carbocycles. The van der Waals surface area contributed by atoms with Crippen LogP contribution in [0.5, 0.6) is 0 Å². The summed E-state index contributed by atoms with van der Waals surface area (Å²) in [6.45, 7) is 0. The van der Waals surface area contributed by atoms with E-state index in [2.05, 4.69) is 78.9 Å². The molecule has 0 saturated heterocycles. The van der Waals surface area contributed by atoms with Gasteiger partial charge in [0.05, 0.1) is 0 Å². The summed E-state index contributed by atoms with van der Waals surface area (Å²) in [5.74, 6) is 0. The van der Waals surface area contributed by atoms with E-state index in [1.165, 1.54) is 15.9 Å². The van der Waals surface area contributed by atoms with Crippen LogP contribution in [0.15, 0.2) is 109 Å². The van der Waals surface area contributed by atoms with Crippen molar-refractivity contribution in [1.82, 2.24) is 0 Å². The van der Waals surface area contributed by atoms with Crippen molar-refractivity contribution in [2.24, 2.45) is 0 Å². The molecule has 0 bridgehead atoms. The first-order valence-corrected chi connectivity index (χ1v) is 10.3. The van der Waals surface area contributed by atoms with E-state index in [0.717, 1.165) is 23.0 Å². The normalized spacial score (nSPS) is 10.7. The van der Waals surface area contributed by atoms with Crippen molar-refractivity contribution in [2.75, 3.05) is 0 Å². The molecule has 0 heterocycles. The third-order valence-electron chi connectivity index (χ3n) is 4.55. The first-order valence-electron chi connectivity index (χ1n) is 8.92. The number of hydrogen-bond donors (Lipinski definition) is 0. The Hall–Kier alpha value is -3.02. The first kappa shape index (κ1) is 17.4. The molecule has 4 aromatic carbocycles. The average Bonchev–Trinajstić information content (AvgIpc) is 2.76. The molecular weight excluding hydrogens is 347 g/mol. The van der Waals surface area contributed by atoms with Gasteiger partial charge in [-0.3, -0.25) is 4.79 Å². The van der Waals surface area contributed by atoms with Crippen molar-refractivity contribution in [3.63, 3.8) is 0 Å². The van der Waals surface area contributed by atoms with Crippen molar-refractivity contribution in [3.8, 4) is 11.1 Å². The van der Waals surface area contributed by atoms with Crippen LogP contribution in [0.2, 0.25) is 0 Å². The summed E-state index contributed by atoms with van der Waals surface area (Å²) < 4.78 is 0. The van der Waals surface area contributed by atoms with Crippen LogP contribution in [0.4, 0.5) is 0 Å². The van der Waals surface area contributed by atoms with Crippen molar-refractivity contribution in [3.05, 3.63) is 115 Å². The Morgan fingerprint density at radius 3 is 1.59 bits per heavy atom. The van der Waals surface area contributed by atoms with Gasteiger partial charge in [-0.2, -0.15) is 0 Å². The Morgan fingerprint density at radius 1 is 0.519 bits per heavy atom. The maximum Gasteiger partial charge on any atom is 0.150 e. The quantitative estimate of drug-likeness (QED) is 0.362. The SMILES string of the molecule is O=Cc1ccccc1-c1ccccc1P(c1ccccc1)c1ccccc1. The number of carbonyl (C=O) groups excluding carboxylic acids is 1. The molecule has 0 aliphatic heterocycles. The summed E-state index contributed by atoms with van der Waals surface area (Å²) in [6.07, 6.45) is 0.944. The van der Waals surface area contributed by atoms with Crippen LogP contribution in [-0.4, -0.2) is 6.29 Å². The Labute approximate surface area is 161 Å². The molecule has 4 rings (SSSR count). The van der Waals surface area contributed by atoms with Crippen LogP contribution in [-0.2, 0) is 0 Å². The van der Waals surface area contributed by atoms with Gasteiger partial charge < -0.3 is 0 Å². The van der Waals surface area contributed by atoms with E-state index < -0.39 is 7.92 Å². The molecule has 0 aliphatic rings. The molecule has 0 atom stereocenters. The minimum Gasteiger partial charge on any atom is -0.298 e. The average molecular weight is 366 g/mol. The zero-order chi connectivity index (χ0) is 18.5. The number of benzene rings is 4. The van der Waals surface area contributed by atoms with Crippen LogP contribution >= 0.6 is 7.92 Å². The Kier molecular flexibility index (Phi) is 5.23. The number of carbonyl (C=O) groups is 1. The zero-order valence-electron chi connectivity index (χ0n) is 14.8. The monoisotopic (exact) mass is 366 g/mol. The molecule has 2 heteroatoms. The van der Waals surface area contributed by atoms with E-state index in [1.807, 2.05) is 30.3 Å². The van der Waals surface area contributed by atoms with Gasteiger partial charge in [0.1, 0.15) is 0 Å². The van der Waals surface area contributed by atoms with Crippen LogP contribution in [0, 0.1) is 0 Å². The third-order valence-corrected chi connectivity index (χ3v) is 7.05. The standard InChI is InChI=1S/C25H19OP/c26-19-20-11-7-8-16-23(20)24-17-9-10-18-25(24)27(21-12-3-1-4-13-21)22-14-5-2-6-15-22/h1-19H. The fourth-order valence-electron chi connectivity index (χ4n) is 3.32. The number of hydrogen-bond acceptors (Lipinski definition) is 1. The maximum absolute atomic E-state index is 11.6. The summed E-state index contributed by atoms with van der Waals surface area (Å²) in [5, 5.41) is 3.86. The second kappa shape index (κ2) is 8.12. The molecule has 1 nitrogen and oxygen atoms in total. The molecular formula is C25H19OP. The molecule has 4 aromatic rings. The number of aldehydes is 1. The first-order chi connectivity index (χ1) is 13.4. The molecule has 130 valence electrons. The highest BCUT2D eigenvalue weighted by atomic mass is 31.1. The lowest BCUT2D eigenvalue weighted by molar-refractivity contribution is 0.112. The van der Waals surface area contributed by atoms with E-state index in [4.69, 9.17) is 0 Å². The van der Waals surface area contributed by atoms with Gasteiger partial charge in [0.2, 0.25) is 0 Å². The summed E-state index contributed by atoms with van der Waals surface area (Å²) >= 11 is 0. The molecule has 0 aromatic heterocycles. The summed E-state index contributed by atoms with van der Waals surface area (Å²) in [6, 6.07) is 37.5. The van der Waals surface area contributed by atoms with Gasteiger partial charge >= 0.3 is 0 Å². The number of rotatable bonds is 5. The highest BCUT2D eigenvalue weighted by Gasteiger charge is 2.20. The lowest BCUT2D eigenvalue weighted by atomic mass is 10.0. The maximum atomic E-state index is 11.6. The van der Waals surface area contributed by atoms with Gasteiger partial charge in [0, 0.05) is 5.56 Å². The third kappa shape index (κ3) is 3.60. The molecule has 0 amide bonds. The topological polar surface area (TPSA) is 17.1 Å². The molecule has 27 heavy (non-hydrogen) atoms. The molecule has 0 radical (unpaired) electrons. The summed E-state index contributed by atoms with van der Waals surface area (Å²) in [7, 11) is -0.724. The van der Waals surface area contributed by atoms with Crippen molar-refractivity contribution in [1.29, 1.82) is 0 Å². The van der Waals surface area contributed by atoms with Gasteiger partial charge in [-0.1, -0.05) is 109 Å². The summed E-state index contributed by atoms with van der Waals surface area (Å²) in [4.78, 5) is 11.6. The molecule has 0 N–H and O–H groups in total. The summed E-state index contributed by atoms with van der Waals surface area (Å²) in [5.41, 5.74) is 2.84. The van der Waals surface area contributed by atoms with Gasteiger partial charge in [0.25, 0.3) is 0 Å². The van der Waals surface area contributed by atoms with Crippen LogP contribution in [0.25, 0.3) is 11.1 Å². The van der Waals surface area contributed by atoms with E-state index in [1.54, 1.807) is 0 Å². The highest BCUT2D eigenvalue weighted by Crippen LogP contribution is 2.37.